The fourth-order valence-electron chi connectivity index (χ4n) is 3.01. The van der Waals surface area contributed by atoms with Crippen LogP contribution in [0.3, 0.4) is 0 Å². The second kappa shape index (κ2) is 7.45. The number of carbonyl (C=O) groups is 2. The van der Waals surface area contributed by atoms with Gasteiger partial charge in [-0.25, -0.2) is 0 Å². The van der Waals surface area contributed by atoms with E-state index < -0.39 is 11.9 Å². The van der Waals surface area contributed by atoms with E-state index in [-0.39, 0.29) is 17.9 Å². The minimum Gasteiger partial charge on any atom is -0.481 e. The van der Waals surface area contributed by atoms with E-state index in [1.54, 1.807) is 0 Å². The molecule has 0 bridgehead atoms. The van der Waals surface area contributed by atoms with E-state index in [1.807, 2.05) is 43.9 Å². The summed E-state index contributed by atoms with van der Waals surface area (Å²) in [4.78, 5) is 25.7. The molecule has 0 saturated carbocycles. The third-order valence-electron chi connectivity index (χ3n) is 4.35. The van der Waals surface area contributed by atoms with Crippen molar-refractivity contribution in [3.8, 4) is 0 Å². The monoisotopic (exact) mass is 382 g/mol. The number of carboxylic acids is 1. The maximum Gasteiger partial charge on any atom is 0.307 e. The highest BCUT2D eigenvalue weighted by atomic mass is 79.9. The van der Waals surface area contributed by atoms with E-state index in [0.29, 0.717) is 13.0 Å². The molecule has 3 unspecified atom stereocenters. The van der Waals surface area contributed by atoms with Gasteiger partial charge in [-0.3, -0.25) is 14.5 Å². The van der Waals surface area contributed by atoms with Crippen LogP contribution in [0.4, 0.5) is 5.69 Å². The molecule has 3 atom stereocenters. The average molecular weight is 383 g/mol. The van der Waals surface area contributed by atoms with Gasteiger partial charge in [0.25, 0.3) is 0 Å². The Labute approximate surface area is 145 Å². The number of aliphatic carboxylic acids is 1. The number of nitrogens with one attached hydrogen (secondary N) is 1. The van der Waals surface area contributed by atoms with Gasteiger partial charge in [-0.05, 0) is 59.8 Å². The molecule has 1 saturated heterocycles. The number of halogens is 1. The molecule has 2 rings (SSSR count). The molecule has 1 aliphatic rings. The summed E-state index contributed by atoms with van der Waals surface area (Å²) in [6.07, 6.45) is 0.670. The Balaban J connectivity index is 2.05. The third-order valence-corrected chi connectivity index (χ3v) is 5.00. The van der Waals surface area contributed by atoms with Crippen LogP contribution in [0.5, 0.6) is 0 Å². The van der Waals surface area contributed by atoms with E-state index in [4.69, 9.17) is 0 Å². The molecule has 0 radical (unpaired) electrons. The molecule has 0 aliphatic carbocycles. The minimum atomic E-state index is -0.782. The maximum absolute atomic E-state index is 12.5. The zero-order chi connectivity index (χ0) is 17.1. The molecular weight excluding hydrogens is 360 g/mol. The van der Waals surface area contributed by atoms with Gasteiger partial charge < -0.3 is 10.4 Å². The maximum atomic E-state index is 12.5. The standard InChI is InChI=1S/C17H23BrN2O3/c1-10-4-5-15(14(18)7-10)19-16(21)12(3)20-8-11(2)6-13(9-20)17(22)23/h4-5,7,11-13H,6,8-9H2,1-3H3,(H,19,21)(H,22,23). The molecule has 1 heterocycles. The predicted octanol–water partition coefficient (Wildman–Crippen LogP) is 3.13. The van der Waals surface area contributed by atoms with Gasteiger partial charge in [-0.2, -0.15) is 0 Å². The van der Waals surface area contributed by atoms with Crippen LogP contribution < -0.4 is 5.32 Å². The molecule has 6 heteroatoms. The zero-order valence-corrected chi connectivity index (χ0v) is 15.3. The van der Waals surface area contributed by atoms with Gasteiger partial charge in [0.1, 0.15) is 0 Å². The van der Waals surface area contributed by atoms with E-state index in [9.17, 15) is 14.7 Å². The number of hydrogen-bond acceptors (Lipinski definition) is 3. The number of benzene rings is 1. The van der Waals surface area contributed by atoms with Crippen molar-refractivity contribution in [3.05, 3.63) is 28.2 Å². The van der Waals surface area contributed by atoms with Gasteiger partial charge >= 0.3 is 5.97 Å². The Morgan fingerprint density at radius 3 is 2.70 bits per heavy atom. The lowest BCUT2D eigenvalue weighted by molar-refractivity contribution is -0.145. The molecular formula is C17H23BrN2O3. The van der Waals surface area contributed by atoms with Crippen LogP contribution in [-0.2, 0) is 9.59 Å². The smallest absolute Gasteiger partial charge is 0.307 e. The van der Waals surface area contributed by atoms with Crippen molar-refractivity contribution >= 4 is 33.5 Å². The number of likely N-dealkylation sites (tertiary alicyclic amines) is 1. The first-order valence-electron chi connectivity index (χ1n) is 7.81. The molecule has 2 N–H and O–H groups in total. The minimum absolute atomic E-state index is 0.118. The first-order valence-corrected chi connectivity index (χ1v) is 8.61. The summed E-state index contributed by atoms with van der Waals surface area (Å²) in [7, 11) is 0. The normalized spacial score (nSPS) is 23.3. The van der Waals surface area contributed by atoms with Crippen LogP contribution in [0.1, 0.15) is 25.8 Å². The number of anilines is 1. The molecule has 5 nitrogen and oxygen atoms in total. The van der Waals surface area contributed by atoms with Gasteiger partial charge in [0.15, 0.2) is 0 Å². The molecule has 1 aromatic carbocycles. The largest absolute Gasteiger partial charge is 0.481 e. The number of nitrogens with zero attached hydrogens (tertiary/aromatic N) is 1. The van der Waals surface area contributed by atoms with Gasteiger partial charge in [0, 0.05) is 17.6 Å². The second-order valence-electron chi connectivity index (χ2n) is 6.48. The van der Waals surface area contributed by atoms with Crippen LogP contribution in [0.2, 0.25) is 0 Å². The zero-order valence-electron chi connectivity index (χ0n) is 13.7. The van der Waals surface area contributed by atoms with E-state index in [1.165, 1.54) is 0 Å². The fraction of sp³-hybridized carbons (Fsp3) is 0.529. The van der Waals surface area contributed by atoms with Crippen LogP contribution in [0.25, 0.3) is 0 Å². The number of rotatable bonds is 4. The summed E-state index contributed by atoms with van der Waals surface area (Å²) in [5.74, 6) is -1.03. The molecule has 1 aromatic rings. The number of amides is 1. The lowest BCUT2D eigenvalue weighted by Crippen LogP contribution is -2.50. The van der Waals surface area contributed by atoms with Crippen molar-refractivity contribution in [1.29, 1.82) is 0 Å². The summed E-state index contributed by atoms with van der Waals surface area (Å²) in [6, 6.07) is 5.38. The van der Waals surface area contributed by atoms with Crippen molar-refractivity contribution < 1.29 is 14.7 Å². The average Bonchev–Trinajstić information content (AvgIpc) is 2.48. The first kappa shape index (κ1) is 17.9. The van der Waals surface area contributed by atoms with Gasteiger partial charge in [0.05, 0.1) is 17.6 Å². The second-order valence-corrected chi connectivity index (χ2v) is 7.33. The predicted molar refractivity (Wildman–Crippen MR) is 93.5 cm³/mol. The van der Waals surface area contributed by atoms with E-state index in [0.717, 1.165) is 22.3 Å². The molecule has 0 spiro atoms. The highest BCUT2D eigenvalue weighted by Gasteiger charge is 2.33. The molecule has 23 heavy (non-hydrogen) atoms. The van der Waals surface area contributed by atoms with Crippen molar-refractivity contribution in [1.82, 2.24) is 4.90 Å². The number of aryl methyl sites for hydroxylation is 1. The Morgan fingerprint density at radius 2 is 2.09 bits per heavy atom. The topological polar surface area (TPSA) is 69.6 Å². The van der Waals surface area contributed by atoms with Gasteiger partial charge in [-0.15, -0.1) is 0 Å². The Morgan fingerprint density at radius 1 is 1.39 bits per heavy atom. The lowest BCUT2D eigenvalue weighted by Gasteiger charge is -2.37. The molecule has 1 aliphatic heterocycles. The van der Waals surface area contributed by atoms with E-state index >= 15 is 0 Å². The SMILES string of the molecule is Cc1ccc(NC(=O)C(C)N2CC(C)CC(C(=O)O)C2)c(Br)c1. The van der Waals surface area contributed by atoms with Gasteiger partial charge in [-0.1, -0.05) is 13.0 Å². The quantitative estimate of drug-likeness (QED) is 0.838. The number of piperidine rings is 1. The van der Waals surface area contributed by atoms with Crippen molar-refractivity contribution in [3.63, 3.8) is 0 Å². The third kappa shape index (κ3) is 4.54. The van der Waals surface area contributed by atoms with Gasteiger partial charge in [0.2, 0.25) is 5.91 Å². The van der Waals surface area contributed by atoms with Crippen LogP contribution in [0, 0.1) is 18.8 Å². The van der Waals surface area contributed by atoms with E-state index in [2.05, 4.69) is 21.2 Å². The Kier molecular flexibility index (Phi) is 5.81. The van der Waals surface area contributed by atoms with Crippen molar-refractivity contribution in [2.45, 2.75) is 33.2 Å². The summed E-state index contributed by atoms with van der Waals surface area (Å²) in [5, 5.41) is 12.2. The summed E-state index contributed by atoms with van der Waals surface area (Å²) in [5.41, 5.74) is 1.84. The highest BCUT2D eigenvalue weighted by Crippen LogP contribution is 2.26. The summed E-state index contributed by atoms with van der Waals surface area (Å²) >= 11 is 3.45. The first-order chi connectivity index (χ1) is 10.8. The lowest BCUT2D eigenvalue weighted by atomic mass is 9.89. The number of carboxylic acid groups (broad SMARTS) is 1. The summed E-state index contributed by atoms with van der Waals surface area (Å²) in [6.45, 7) is 7.01. The van der Waals surface area contributed by atoms with Crippen molar-refractivity contribution in [2.24, 2.45) is 11.8 Å². The van der Waals surface area contributed by atoms with Crippen LogP contribution >= 0.6 is 15.9 Å². The number of carbonyl (C=O) groups excluding carboxylic acids is 1. The van der Waals surface area contributed by atoms with Crippen LogP contribution in [0.15, 0.2) is 22.7 Å². The number of hydrogen-bond donors (Lipinski definition) is 2. The Bertz CT molecular complexity index is 606. The van der Waals surface area contributed by atoms with Crippen molar-refractivity contribution in [2.75, 3.05) is 18.4 Å². The fourth-order valence-corrected chi connectivity index (χ4v) is 3.60. The molecule has 1 amide bonds. The molecule has 0 aromatic heterocycles. The van der Waals surface area contributed by atoms with Crippen LogP contribution in [-0.4, -0.2) is 41.0 Å². The molecule has 1 fully saturated rings. The Hall–Kier alpha value is -1.40. The molecule has 126 valence electrons. The summed E-state index contributed by atoms with van der Waals surface area (Å²) < 4.78 is 0.841. The highest BCUT2D eigenvalue weighted by molar-refractivity contribution is 9.10.